The number of nitrogens with zero attached hydrogens (tertiary/aromatic N) is 4. The molecule has 0 aromatic rings. The van der Waals surface area contributed by atoms with Gasteiger partial charge in [0.15, 0.2) is 0 Å². The Hall–Kier alpha value is -3.46. The molecule has 0 saturated carbocycles. The molecule has 0 aromatic carbocycles. The molecule has 3 N–H and O–H groups in total. The standard InChI is InChI=1S/C20H12N4.BH3O3/c1-2-14-10-16-5-6-18(23-16)12-20-8-7-19(24-20)11-17-4-3-15(22-17)9-13(1)21-14;2-1(3)4/h1-12H;2-4H. The second-order valence-electron chi connectivity index (χ2n) is 6.10. The van der Waals surface area contributed by atoms with Crippen LogP contribution < -0.4 is 0 Å². The van der Waals surface area contributed by atoms with Gasteiger partial charge in [0, 0.05) is 0 Å². The van der Waals surface area contributed by atoms with Crippen LogP contribution in [0.4, 0.5) is 0 Å². The SMILES string of the molecule is C1=CC2=NC1=CC1=NC(=CC3=NC(=CC4=NC(=C2)C=C4)C=C3)C=C1.OB(O)O. The van der Waals surface area contributed by atoms with E-state index in [2.05, 4.69) is 20.0 Å². The Labute approximate surface area is 161 Å². The lowest BCUT2D eigenvalue weighted by Crippen LogP contribution is -2.07. The number of aliphatic imine (C=N–C) groups is 4. The molecule has 7 nitrogen and oxygen atoms in total. The fourth-order valence-electron chi connectivity index (χ4n) is 2.83. The van der Waals surface area contributed by atoms with Gasteiger partial charge in [-0.15, -0.1) is 0 Å². The van der Waals surface area contributed by atoms with Gasteiger partial charge in [-0.05, 0) is 72.9 Å². The predicted octanol–water partition coefficient (Wildman–Crippen LogP) is 1.53. The van der Waals surface area contributed by atoms with Crippen LogP contribution in [-0.2, 0) is 0 Å². The zero-order valence-electron chi connectivity index (χ0n) is 14.6. The van der Waals surface area contributed by atoms with Crippen LogP contribution in [0.2, 0.25) is 0 Å². The number of allylic oxidation sites excluding steroid dienone is 12. The third-order valence-electron chi connectivity index (χ3n) is 3.92. The lowest BCUT2D eigenvalue weighted by molar-refractivity contribution is 0.278. The van der Waals surface area contributed by atoms with Gasteiger partial charge in [0.2, 0.25) is 0 Å². The van der Waals surface area contributed by atoms with E-state index < -0.39 is 7.32 Å². The Morgan fingerprint density at radius 2 is 0.643 bits per heavy atom. The van der Waals surface area contributed by atoms with Crippen LogP contribution >= 0.6 is 0 Å². The molecule has 5 aliphatic rings. The molecule has 5 heterocycles. The van der Waals surface area contributed by atoms with Crippen molar-refractivity contribution in [3.8, 4) is 0 Å². The lowest BCUT2D eigenvalue weighted by Gasteiger charge is -1.94. The molecule has 0 fully saturated rings. The number of rotatable bonds is 0. The van der Waals surface area contributed by atoms with E-state index in [1.165, 1.54) is 0 Å². The lowest BCUT2D eigenvalue weighted by atomic mass is 10.2. The highest BCUT2D eigenvalue weighted by atomic mass is 16.5. The van der Waals surface area contributed by atoms with Crippen LogP contribution in [-0.4, -0.2) is 45.2 Å². The molecule has 8 heteroatoms. The van der Waals surface area contributed by atoms with Crippen molar-refractivity contribution in [1.82, 2.24) is 0 Å². The van der Waals surface area contributed by atoms with Gasteiger partial charge in [-0.3, -0.25) is 0 Å². The second-order valence-corrected chi connectivity index (χ2v) is 6.10. The predicted molar refractivity (Wildman–Crippen MR) is 111 cm³/mol. The molecule has 28 heavy (non-hydrogen) atoms. The fourth-order valence-corrected chi connectivity index (χ4v) is 2.83. The van der Waals surface area contributed by atoms with E-state index in [0.717, 1.165) is 45.6 Å². The fraction of sp³-hybridized carbons (Fsp3) is 0. The van der Waals surface area contributed by atoms with E-state index >= 15 is 0 Å². The molecule has 0 saturated heterocycles. The van der Waals surface area contributed by atoms with E-state index in [4.69, 9.17) is 15.1 Å². The molecule has 0 unspecified atom stereocenters. The smallest absolute Gasteiger partial charge is 0.402 e. The van der Waals surface area contributed by atoms with Crippen molar-refractivity contribution in [2.24, 2.45) is 20.0 Å². The van der Waals surface area contributed by atoms with Crippen molar-refractivity contribution in [1.29, 1.82) is 0 Å². The van der Waals surface area contributed by atoms with Crippen LogP contribution in [0.5, 0.6) is 0 Å². The van der Waals surface area contributed by atoms with Crippen molar-refractivity contribution < 1.29 is 15.1 Å². The molecule has 8 bridgehead atoms. The molecule has 0 atom stereocenters. The third kappa shape index (κ3) is 4.44. The van der Waals surface area contributed by atoms with Crippen LogP contribution in [0.15, 0.2) is 116 Å². The summed E-state index contributed by atoms with van der Waals surface area (Å²) in [7, 11) is -2.17. The normalized spacial score (nSPS) is 20.4. The van der Waals surface area contributed by atoms with Gasteiger partial charge in [0.1, 0.15) is 0 Å². The van der Waals surface area contributed by atoms with Gasteiger partial charge >= 0.3 is 7.32 Å². The molecule has 0 radical (unpaired) electrons. The minimum Gasteiger partial charge on any atom is -0.402 e. The Morgan fingerprint density at radius 3 is 0.857 bits per heavy atom. The van der Waals surface area contributed by atoms with Gasteiger partial charge in [-0.25, -0.2) is 20.0 Å². The summed E-state index contributed by atoms with van der Waals surface area (Å²) in [6.45, 7) is 0. The van der Waals surface area contributed by atoms with Crippen LogP contribution in [0.25, 0.3) is 0 Å². The zero-order chi connectivity index (χ0) is 19.5. The maximum absolute atomic E-state index is 7.17. The van der Waals surface area contributed by atoms with E-state index in [-0.39, 0.29) is 0 Å². The molecule has 0 aromatic heterocycles. The monoisotopic (exact) mass is 370 g/mol. The highest BCUT2D eigenvalue weighted by Crippen LogP contribution is 2.20. The second kappa shape index (κ2) is 7.65. The highest BCUT2D eigenvalue weighted by Gasteiger charge is 2.11. The highest BCUT2D eigenvalue weighted by molar-refractivity contribution is 6.30. The first kappa shape index (κ1) is 17.9. The summed E-state index contributed by atoms with van der Waals surface area (Å²) in [5.41, 5.74) is 7.15. The molecule has 0 spiro atoms. The van der Waals surface area contributed by atoms with Crippen molar-refractivity contribution in [2.75, 3.05) is 0 Å². The summed E-state index contributed by atoms with van der Waals surface area (Å²) in [6.07, 6.45) is 23.8. The summed E-state index contributed by atoms with van der Waals surface area (Å²) >= 11 is 0. The Morgan fingerprint density at radius 1 is 0.429 bits per heavy atom. The average Bonchev–Trinajstić information content (AvgIpc) is 3.39. The number of fused-ring (bicyclic) bond motifs is 4. The summed E-state index contributed by atoms with van der Waals surface area (Å²) in [5.74, 6) is 0. The van der Waals surface area contributed by atoms with E-state index in [1.54, 1.807) is 0 Å². The topological polar surface area (TPSA) is 110 Å². The van der Waals surface area contributed by atoms with Gasteiger partial charge in [-0.1, -0.05) is 0 Å². The van der Waals surface area contributed by atoms with E-state index in [9.17, 15) is 0 Å². The van der Waals surface area contributed by atoms with Crippen molar-refractivity contribution in [3.63, 3.8) is 0 Å². The summed E-state index contributed by atoms with van der Waals surface area (Å²) in [5, 5.41) is 21.5. The molecular weight excluding hydrogens is 355 g/mol. The molecule has 136 valence electrons. The largest absolute Gasteiger partial charge is 0.631 e. The minimum absolute atomic E-state index is 0.894. The van der Waals surface area contributed by atoms with Crippen molar-refractivity contribution in [2.45, 2.75) is 0 Å². The number of hydrogen-bond acceptors (Lipinski definition) is 7. The van der Waals surface area contributed by atoms with Gasteiger partial charge in [0.05, 0.1) is 45.6 Å². The maximum Gasteiger partial charge on any atom is 0.631 e. The minimum atomic E-state index is -2.17. The molecule has 5 rings (SSSR count). The Bertz CT molecular complexity index is 904. The first-order chi connectivity index (χ1) is 13.5. The molecule has 5 aliphatic heterocycles. The van der Waals surface area contributed by atoms with Crippen LogP contribution in [0.1, 0.15) is 0 Å². The van der Waals surface area contributed by atoms with E-state index in [0.29, 0.717) is 0 Å². The summed E-state index contributed by atoms with van der Waals surface area (Å²) < 4.78 is 0. The van der Waals surface area contributed by atoms with Crippen LogP contribution in [0, 0.1) is 0 Å². The summed E-state index contributed by atoms with van der Waals surface area (Å²) in [6, 6.07) is 0. The van der Waals surface area contributed by atoms with Crippen molar-refractivity contribution in [3.05, 3.63) is 95.7 Å². The van der Waals surface area contributed by atoms with Gasteiger partial charge in [0.25, 0.3) is 0 Å². The maximum atomic E-state index is 7.17. The van der Waals surface area contributed by atoms with Gasteiger partial charge in [-0.2, -0.15) is 0 Å². The molecule has 0 amide bonds. The molecular formula is C20H15BN4O3. The number of hydrogen-bond donors (Lipinski definition) is 3. The quantitative estimate of drug-likeness (QED) is 0.563. The first-order valence-corrected chi connectivity index (χ1v) is 8.52. The van der Waals surface area contributed by atoms with Gasteiger partial charge < -0.3 is 15.1 Å². The molecule has 0 aliphatic carbocycles. The zero-order valence-corrected chi connectivity index (χ0v) is 14.6. The summed E-state index contributed by atoms with van der Waals surface area (Å²) in [4.78, 5) is 18.4. The Kier molecular flexibility index (Phi) is 4.90. The van der Waals surface area contributed by atoms with Crippen molar-refractivity contribution >= 4 is 30.2 Å². The van der Waals surface area contributed by atoms with E-state index in [1.807, 2.05) is 72.9 Å². The first-order valence-electron chi connectivity index (χ1n) is 8.52. The Balaban J connectivity index is 0.000000442. The third-order valence-corrected chi connectivity index (χ3v) is 3.92. The average molecular weight is 370 g/mol. The van der Waals surface area contributed by atoms with Crippen LogP contribution in [0.3, 0.4) is 0 Å².